The van der Waals surface area contributed by atoms with Gasteiger partial charge in [0.05, 0.1) is 11.6 Å². The highest BCUT2D eigenvalue weighted by atomic mass is 16.2. The summed E-state index contributed by atoms with van der Waals surface area (Å²) in [6.45, 7) is 6.94. The van der Waals surface area contributed by atoms with Crippen molar-refractivity contribution < 1.29 is 9.59 Å². The van der Waals surface area contributed by atoms with Crippen LogP contribution in [0.1, 0.15) is 46.2 Å². The Morgan fingerprint density at radius 3 is 2.50 bits per heavy atom. The minimum absolute atomic E-state index is 0.134. The van der Waals surface area contributed by atoms with Gasteiger partial charge in [0.1, 0.15) is 0 Å². The summed E-state index contributed by atoms with van der Waals surface area (Å²) in [6.07, 6.45) is 0. The van der Waals surface area contributed by atoms with E-state index in [9.17, 15) is 9.59 Å². The van der Waals surface area contributed by atoms with Crippen LogP contribution >= 0.6 is 0 Å². The number of carbonyl (C=O) groups is 2. The molecule has 0 spiro atoms. The molecule has 0 radical (unpaired) electrons. The molecular formula is C28H30N6O2. The largest absolute Gasteiger partial charge is 0.369 e. The van der Waals surface area contributed by atoms with Gasteiger partial charge in [0.25, 0.3) is 11.8 Å². The maximum Gasteiger partial charge on any atom is 0.256 e. The van der Waals surface area contributed by atoms with E-state index in [1.807, 2.05) is 61.5 Å². The van der Waals surface area contributed by atoms with Crippen LogP contribution in [0.25, 0.3) is 10.9 Å². The zero-order valence-electron chi connectivity index (χ0n) is 20.4. The lowest BCUT2D eigenvalue weighted by atomic mass is 10.1. The predicted molar refractivity (Wildman–Crippen MR) is 142 cm³/mol. The van der Waals surface area contributed by atoms with E-state index in [1.54, 1.807) is 18.2 Å². The van der Waals surface area contributed by atoms with Gasteiger partial charge < -0.3 is 20.9 Å². The Hall–Kier alpha value is -4.17. The highest BCUT2D eigenvalue weighted by molar-refractivity contribution is 6.09. The van der Waals surface area contributed by atoms with E-state index < -0.39 is 0 Å². The third kappa shape index (κ3) is 5.08. The van der Waals surface area contributed by atoms with Crippen molar-refractivity contribution in [3.63, 3.8) is 0 Å². The van der Waals surface area contributed by atoms with Crippen molar-refractivity contribution in [2.24, 2.45) is 0 Å². The van der Waals surface area contributed by atoms with Gasteiger partial charge >= 0.3 is 0 Å². The molecule has 3 aromatic carbocycles. The van der Waals surface area contributed by atoms with Crippen LogP contribution in [-0.2, 0) is 0 Å². The molecule has 8 heteroatoms. The molecule has 4 aromatic rings. The van der Waals surface area contributed by atoms with Crippen LogP contribution < -0.4 is 20.9 Å². The molecule has 1 saturated heterocycles. The fourth-order valence-corrected chi connectivity index (χ4v) is 4.53. The van der Waals surface area contributed by atoms with Crippen LogP contribution in [0.15, 0.2) is 72.8 Å². The third-order valence-corrected chi connectivity index (χ3v) is 6.57. The molecule has 1 aromatic heterocycles. The summed E-state index contributed by atoms with van der Waals surface area (Å²) in [5.41, 5.74) is 3.91. The molecule has 2 atom stereocenters. The lowest BCUT2D eigenvalue weighted by molar-refractivity contribution is 0.0939. The Bertz CT molecular complexity index is 1370. The van der Waals surface area contributed by atoms with Crippen LogP contribution in [0, 0.1) is 0 Å². The van der Waals surface area contributed by atoms with Crippen LogP contribution in [-0.4, -0.2) is 47.7 Å². The molecule has 36 heavy (non-hydrogen) atoms. The van der Waals surface area contributed by atoms with Crippen molar-refractivity contribution in [2.75, 3.05) is 29.9 Å². The van der Waals surface area contributed by atoms with Gasteiger partial charge in [0.15, 0.2) is 5.82 Å². The molecule has 1 unspecified atom stereocenters. The number of rotatable bonds is 6. The number of nitrogens with one attached hydrogen (secondary N) is 4. The third-order valence-electron chi connectivity index (χ3n) is 6.57. The highest BCUT2D eigenvalue weighted by Crippen LogP contribution is 2.24. The SMILES string of the molecule is CC(NC(=O)c1ccc2[nH]nc(NC(=O)c3ccc(N4CCN[C@@H](C)C4)cc3)c2c1)c1ccccc1. The Kier molecular flexibility index (Phi) is 6.69. The topological polar surface area (TPSA) is 102 Å². The van der Waals surface area contributed by atoms with Gasteiger partial charge in [-0.25, -0.2) is 0 Å². The van der Waals surface area contributed by atoms with E-state index in [0.717, 1.165) is 36.4 Å². The number of aromatic amines is 1. The van der Waals surface area contributed by atoms with E-state index in [1.165, 1.54) is 0 Å². The van der Waals surface area contributed by atoms with Gasteiger partial charge in [-0.15, -0.1) is 0 Å². The van der Waals surface area contributed by atoms with E-state index in [-0.39, 0.29) is 17.9 Å². The molecule has 4 N–H and O–H groups in total. The highest BCUT2D eigenvalue weighted by Gasteiger charge is 2.18. The molecule has 2 heterocycles. The molecule has 0 aliphatic carbocycles. The quantitative estimate of drug-likeness (QED) is 0.331. The number of amides is 2. The van der Waals surface area contributed by atoms with Crippen LogP contribution in [0.2, 0.25) is 0 Å². The maximum absolute atomic E-state index is 12.9. The van der Waals surface area contributed by atoms with Crippen molar-refractivity contribution in [3.05, 3.63) is 89.5 Å². The molecule has 1 aliphatic rings. The second kappa shape index (κ2) is 10.2. The summed E-state index contributed by atoms with van der Waals surface area (Å²) in [6, 6.07) is 23.0. The predicted octanol–water partition coefficient (Wildman–Crippen LogP) is 4.10. The molecule has 8 nitrogen and oxygen atoms in total. The van der Waals surface area contributed by atoms with Gasteiger partial charge in [-0.1, -0.05) is 30.3 Å². The Labute approximate surface area is 210 Å². The number of carbonyl (C=O) groups excluding carboxylic acids is 2. The first kappa shape index (κ1) is 23.6. The molecule has 1 fully saturated rings. The first-order chi connectivity index (χ1) is 17.5. The number of hydrogen-bond donors (Lipinski definition) is 4. The summed E-state index contributed by atoms with van der Waals surface area (Å²) >= 11 is 0. The Morgan fingerprint density at radius 1 is 1.00 bits per heavy atom. The first-order valence-electron chi connectivity index (χ1n) is 12.2. The lowest BCUT2D eigenvalue weighted by Gasteiger charge is -2.33. The minimum atomic E-state index is -0.254. The molecule has 5 rings (SSSR count). The summed E-state index contributed by atoms with van der Waals surface area (Å²) in [7, 11) is 0. The van der Waals surface area contributed by atoms with E-state index in [2.05, 4.69) is 38.0 Å². The second-order valence-electron chi connectivity index (χ2n) is 9.24. The standard InChI is InChI=1S/C28H30N6O2/c1-18-17-34(15-14-29-18)23-11-8-21(9-12-23)27(35)31-26-24-16-22(10-13-25(24)32-33-26)28(36)30-19(2)20-6-4-3-5-7-20/h3-13,16,18-19,29H,14-15,17H2,1-2H3,(H,30,36)(H2,31,32,33,35)/t18-,19?/m0/s1. The zero-order chi connectivity index (χ0) is 25.1. The van der Waals surface area contributed by atoms with E-state index in [4.69, 9.17) is 0 Å². The van der Waals surface area contributed by atoms with Crippen LogP contribution in [0.3, 0.4) is 0 Å². The molecule has 0 bridgehead atoms. The second-order valence-corrected chi connectivity index (χ2v) is 9.24. The minimum Gasteiger partial charge on any atom is -0.369 e. The fourth-order valence-electron chi connectivity index (χ4n) is 4.53. The first-order valence-corrected chi connectivity index (χ1v) is 12.2. The average molecular weight is 483 g/mol. The lowest BCUT2D eigenvalue weighted by Crippen LogP contribution is -2.49. The van der Waals surface area contributed by atoms with Gasteiger partial charge in [0, 0.05) is 47.9 Å². The molecule has 1 aliphatic heterocycles. The van der Waals surface area contributed by atoms with Crippen molar-refractivity contribution in [2.45, 2.75) is 25.9 Å². The van der Waals surface area contributed by atoms with Crippen molar-refractivity contribution in [1.82, 2.24) is 20.8 Å². The number of hydrogen-bond acceptors (Lipinski definition) is 5. The normalized spacial score (nSPS) is 16.5. The van der Waals surface area contributed by atoms with Crippen molar-refractivity contribution in [3.8, 4) is 0 Å². The maximum atomic E-state index is 12.9. The van der Waals surface area contributed by atoms with Gasteiger partial charge in [0.2, 0.25) is 0 Å². The smallest absolute Gasteiger partial charge is 0.256 e. The number of H-pyrrole nitrogens is 1. The van der Waals surface area contributed by atoms with Gasteiger partial charge in [-0.05, 0) is 61.9 Å². The molecule has 2 amide bonds. The van der Waals surface area contributed by atoms with Gasteiger partial charge in [-0.2, -0.15) is 5.10 Å². The number of benzene rings is 3. The number of anilines is 2. The fraction of sp³-hybridized carbons (Fsp3) is 0.250. The summed E-state index contributed by atoms with van der Waals surface area (Å²) in [5.74, 6) is -0.0542. The average Bonchev–Trinajstić information content (AvgIpc) is 3.31. The molecule has 184 valence electrons. The Morgan fingerprint density at radius 2 is 1.75 bits per heavy atom. The number of fused-ring (bicyclic) bond motifs is 1. The summed E-state index contributed by atoms with van der Waals surface area (Å²) in [4.78, 5) is 28.2. The summed E-state index contributed by atoms with van der Waals surface area (Å²) in [5, 5.41) is 17.2. The Balaban J connectivity index is 1.29. The zero-order valence-corrected chi connectivity index (χ0v) is 20.4. The number of piperazine rings is 1. The number of aromatic nitrogens is 2. The van der Waals surface area contributed by atoms with Crippen LogP contribution in [0.5, 0.6) is 0 Å². The van der Waals surface area contributed by atoms with Gasteiger partial charge in [-0.3, -0.25) is 14.7 Å². The molecular weight excluding hydrogens is 452 g/mol. The van der Waals surface area contributed by atoms with E-state index in [0.29, 0.717) is 28.4 Å². The number of nitrogens with zero attached hydrogens (tertiary/aromatic N) is 2. The summed E-state index contributed by atoms with van der Waals surface area (Å²) < 4.78 is 0. The van der Waals surface area contributed by atoms with E-state index >= 15 is 0 Å². The van der Waals surface area contributed by atoms with Crippen LogP contribution in [0.4, 0.5) is 11.5 Å². The van der Waals surface area contributed by atoms with Crippen molar-refractivity contribution in [1.29, 1.82) is 0 Å². The monoisotopic (exact) mass is 482 g/mol. The molecule has 0 saturated carbocycles. The van der Waals surface area contributed by atoms with Crippen molar-refractivity contribution >= 4 is 34.2 Å².